The third-order valence-corrected chi connectivity index (χ3v) is 4.18. The van der Waals surface area contributed by atoms with E-state index in [9.17, 15) is 9.59 Å². The van der Waals surface area contributed by atoms with Crippen LogP contribution in [-0.2, 0) is 22.5 Å². The van der Waals surface area contributed by atoms with Crippen LogP contribution in [0.15, 0.2) is 0 Å². The molecule has 2 aliphatic heterocycles. The molecular formula is C14H22ClN5O3. The lowest BCUT2D eigenvalue weighted by atomic mass is 10.1. The lowest BCUT2D eigenvalue weighted by molar-refractivity contribution is -0.135. The number of hydrogen-bond donors (Lipinski definition) is 2. The highest BCUT2D eigenvalue weighted by molar-refractivity contribution is 5.96. The fourth-order valence-electron chi connectivity index (χ4n) is 2.87. The number of piperazine rings is 1. The predicted octanol–water partition coefficient (Wildman–Crippen LogP) is -0.592. The molecule has 0 aromatic carbocycles. The molecule has 9 heteroatoms. The molecule has 2 amide bonds. The van der Waals surface area contributed by atoms with Crippen molar-refractivity contribution in [3.63, 3.8) is 0 Å². The Balaban J connectivity index is 0.00000192. The zero-order valence-corrected chi connectivity index (χ0v) is 13.9. The van der Waals surface area contributed by atoms with Gasteiger partial charge in [0.2, 0.25) is 5.91 Å². The van der Waals surface area contributed by atoms with Crippen LogP contribution in [0.5, 0.6) is 0 Å². The smallest absolute Gasteiger partial charge is 0.275 e. The molecule has 3 heterocycles. The minimum atomic E-state index is -0.166. The van der Waals surface area contributed by atoms with Crippen molar-refractivity contribution in [1.29, 1.82) is 0 Å². The molecule has 0 bridgehead atoms. The van der Waals surface area contributed by atoms with Crippen molar-refractivity contribution in [2.75, 3.05) is 46.4 Å². The summed E-state index contributed by atoms with van der Waals surface area (Å²) in [5, 5.41) is 10.4. The van der Waals surface area contributed by atoms with Crippen LogP contribution in [0.3, 0.4) is 0 Å². The first-order chi connectivity index (χ1) is 10.7. The highest BCUT2D eigenvalue weighted by atomic mass is 35.5. The molecule has 1 aromatic heterocycles. The Kier molecular flexibility index (Phi) is 5.97. The molecule has 1 fully saturated rings. The van der Waals surface area contributed by atoms with E-state index in [1.807, 2.05) is 0 Å². The van der Waals surface area contributed by atoms with Gasteiger partial charge in [-0.15, -0.1) is 12.4 Å². The van der Waals surface area contributed by atoms with Crippen LogP contribution in [0.1, 0.15) is 21.7 Å². The second-order valence-electron chi connectivity index (χ2n) is 5.56. The molecule has 8 nitrogen and oxygen atoms in total. The molecular weight excluding hydrogens is 322 g/mol. The van der Waals surface area contributed by atoms with Crippen LogP contribution in [0, 0.1) is 0 Å². The van der Waals surface area contributed by atoms with Crippen molar-refractivity contribution < 1.29 is 14.3 Å². The number of fused-ring (bicyclic) bond motifs is 1. The SMILES string of the molecule is COCCN1CCN(C(=O)c2n[nH]c3c2CNCC3)CC1=O.Cl. The molecule has 0 spiro atoms. The molecule has 0 aliphatic carbocycles. The van der Waals surface area contributed by atoms with Crippen LogP contribution < -0.4 is 5.32 Å². The van der Waals surface area contributed by atoms with Crippen LogP contribution in [-0.4, -0.2) is 78.3 Å². The average molecular weight is 344 g/mol. The third kappa shape index (κ3) is 3.65. The Hall–Kier alpha value is -1.64. The van der Waals surface area contributed by atoms with Crippen molar-refractivity contribution >= 4 is 24.2 Å². The van der Waals surface area contributed by atoms with Gasteiger partial charge in [0, 0.05) is 57.5 Å². The molecule has 2 aliphatic rings. The highest BCUT2D eigenvalue weighted by Gasteiger charge is 2.31. The summed E-state index contributed by atoms with van der Waals surface area (Å²) in [5.74, 6) is -0.208. The van der Waals surface area contributed by atoms with Gasteiger partial charge in [0.15, 0.2) is 5.69 Å². The molecule has 0 radical (unpaired) electrons. The minimum absolute atomic E-state index is 0. The van der Waals surface area contributed by atoms with Crippen molar-refractivity contribution in [2.24, 2.45) is 0 Å². The van der Waals surface area contributed by atoms with Gasteiger partial charge in [-0.3, -0.25) is 14.7 Å². The maximum atomic E-state index is 12.6. The fourth-order valence-corrected chi connectivity index (χ4v) is 2.87. The number of ether oxygens (including phenoxy) is 1. The van der Waals surface area contributed by atoms with Gasteiger partial charge >= 0.3 is 0 Å². The summed E-state index contributed by atoms with van der Waals surface area (Å²) in [7, 11) is 1.61. The first kappa shape index (κ1) is 17.7. The van der Waals surface area contributed by atoms with E-state index in [4.69, 9.17) is 4.74 Å². The van der Waals surface area contributed by atoms with Crippen molar-refractivity contribution in [3.05, 3.63) is 17.0 Å². The number of hydrogen-bond acceptors (Lipinski definition) is 5. The minimum Gasteiger partial charge on any atom is -0.383 e. The summed E-state index contributed by atoms with van der Waals surface area (Å²) in [5.41, 5.74) is 2.40. The van der Waals surface area contributed by atoms with Gasteiger partial charge in [0.1, 0.15) is 6.54 Å². The summed E-state index contributed by atoms with van der Waals surface area (Å²) >= 11 is 0. The Morgan fingerprint density at radius 1 is 1.39 bits per heavy atom. The summed E-state index contributed by atoms with van der Waals surface area (Å²) in [4.78, 5) is 28.0. The lowest BCUT2D eigenvalue weighted by Gasteiger charge is -2.34. The number of carbonyl (C=O) groups excluding carboxylic acids is 2. The number of methoxy groups -OCH3 is 1. The van der Waals surface area contributed by atoms with Gasteiger partial charge in [-0.25, -0.2) is 0 Å². The maximum absolute atomic E-state index is 12.6. The number of aromatic amines is 1. The summed E-state index contributed by atoms with van der Waals surface area (Å²) in [6.07, 6.45) is 0.847. The predicted molar refractivity (Wildman–Crippen MR) is 85.6 cm³/mol. The van der Waals surface area contributed by atoms with E-state index in [0.717, 1.165) is 24.2 Å². The van der Waals surface area contributed by atoms with Gasteiger partial charge in [-0.05, 0) is 0 Å². The number of nitrogens with one attached hydrogen (secondary N) is 2. The van der Waals surface area contributed by atoms with Crippen molar-refractivity contribution in [1.82, 2.24) is 25.3 Å². The first-order valence-corrected chi connectivity index (χ1v) is 7.53. The van der Waals surface area contributed by atoms with E-state index >= 15 is 0 Å². The molecule has 1 saturated heterocycles. The van der Waals surface area contributed by atoms with Crippen molar-refractivity contribution in [3.8, 4) is 0 Å². The van der Waals surface area contributed by atoms with Crippen molar-refractivity contribution in [2.45, 2.75) is 13.0 Å². The van der Waals surface area contributed by atoms with Gasteiger partial charge in [0.25, 0.3) is 5.91 Å². The van der Waals surface area contributed by atoms with E-state index in [-0.39, 0.29) is 30.8 Å². The molecule has 128 valence electrons. The molecule has 0 atom stereocenters. The van der Waals surface area contributed by atoms with E-state index in [1.165, 1.54) is 0 Å². The Labute approximate surface area is 140 Å². The Morgan fingerprint density at radius 2 is 2.22 bits per heavy atom. The summed E-state index contributed by atoms with van der Waals surface area (Å²) < 4.78 is 4.99. The molecule has 3 rings (SSSR count). The van der Waals surface area contributed by atoms with Gasteiger partial charge in [-0.2, -0.15) is 5.10 Å². The van der Waals surface area contributed by atoms with E-state index < -0.39 is 0 Å². The van der Waals surface area contributed by atoms with Crippen LogP contribution in [0.25, 0.3) is 0 Å². The van der Waals surface area contributed by atoms with Crippen LogP contribution in [0.2, 0.25) is 0 Å². The number of nitrogens with zero attached hydrogens (tertiary/aromatic N) is 3. The normalized spacial score (nSPS) is 17.7. The Bertz CT molecular complexity index is 577. The number of amides is 2. The second kappa shape index (κ2) is 7.76. The van der Waals surface area contributed by atoms with Gasteiger partial charge in [0.05, 0.1) is 6.61 Å². The summed E-state index contributed by atoms with van der Waals surface area (Å²) in [6.45, 7) is 3.80. The largest absolute Gasteiger partial charge is 0.383 e. The van der Waals surface area contributed by atoms with E-state index in [1.54, 1.807) is 16.9 Å². The first-order valence-electron chi connectivity index (χ1n) is 7.53. The average Bonchev–Trinajstić information content (AvgIpc) is 2.97. The van der Waals surface area contributed by atoms with E-state index in [0.29, 0.717) is 38.5 Å². The number of aromatic nitrogens is 2. The topological polar surface area (TPSA) is 90.6 Å². The van der Waals surface area contributed by atoms with Crippen LogP contribution in [0.4, 0.5) is 0 Å². The number of carbonyl (C=O) groups is 2. The summed E-state index contributed by atoms with van der Waals surface area (Å²) in [6, 6.07) is 0. The quantitative estimate of drug-likeness (QED) is 0.762. The lowest BCUT2D eigenvalue weighted by Crippen LogP contribution is -2.53. The van der Waals surface area contributed by atoms with Crippen LogP contribution >= 0.6 is 12.4 Å². The van der Waals surface area contributed by atoms with Gasteiger partial charge in [-0.1, -0.05) is 0 Å². The Morgan fingerprint density at radius 3 is 2.96 bits per heavy atom. The second-order valence-corrected chi connectivity index (χ2v) is 5.56. The molecule has 0 unspecified atom stereocenters. The molecule has 23 heavy (non-hydrogen) atoms. The standard InChI is InChI=1S/C14H21N5O3.ClH/c1-22-7-6-18-4-5-19(9-12(18)20)14(21)13-10-8-15-3-2-11(10)16-17-13;/h15H,2-9H2,1H3,(H,16,17);1H. The zero-order valence-electron chi connectivity index (χ0n) is 13.1. The number of halogens is 1. The zero-order chi connectivity index (χ0) is 15.5. The van der Waals surface area contributed by atoms with E-state index in [2.05, 4.69) is 15.5 Å². The number of rotatable bonds is 4. The van der Waals surface area contributed by atoms with Gasteiger partial charge < -0.3 is 19.9 Å². The molecule has 1 aromatic rings. The highest BCUT2D eigenvalue weighted by Crippen LogP contribution is 2.18. The fraction of sp³-hybridized carbons (Fsp3) is 0.643. The molecule has 2 N–H and O–H groups in total. The third-order valence-electron chi connectivity index (χ3n) is 4.18. The monoisotopic (exact) mass is 343 g/mol. The molecule has 0 saturated carbocycles. The maximum Gasteiger partial charge on any atom is 0.275 e. The number of H-pyrrole nitrogens is 1.